The second-order valence-corrected chi connectivity index (χ2v) is 5.09. The summed E-state index contributed by atoms with van der Waals surface area (Å²) >= 11 is 0. The van der Waals surface area contributed by atoms with Gasteiger partial charge in [-0.25, -0.2) is 4.79 Å². The molecule has 1 aromatic carbocycles. The molecule has 5 nitrogen and oxygen atoms in total. The molecule has 0 heterocycles. The Morgan fingerprint density at radius 1 is 1.15 bits per heavy atom. The third-order valence-corrected chi connectivity index (χ3v) is 3.73. The minimum Gasteiger partial charge on any atom is -0.380 e. The summed E-state index contributed by atoms with van der Waals surface area (Å²) < 4.78 is 5.54. The van der Waals surface area contributed by atoms with Crippen LogP contribution in [0.1, 0.15) is 25.7 Å². The highest BCUT2D eigenvalue weighted by Crippen LogP contribution is 2.24. The van der Waals surface area contributed by atoms with Crippen LogP contribution in [-0.4, -0.2) is 32.3 Å². The molecule has 0 saturated heterocycles. The van der Waals surface area contributed by atoms with Crippen molar-refractivity contribution in [2.24, 2.45) is 0 Å². The van der Waals surface area contributed by atoms with E-state index >= 15 is 0 Å². The number of carbonyl (C=O) groups is 1. The van der Waals surface area contributed by atoms with Crippen molar-refractivity contribution < 1.29 is 9.53 Å². The quantitative estimate of drug-likeness (QED) is 0.793. The van der Waals surface area contributed by atoms with Gasteiger partial charge in [0.15, 0.2) is 0 Å². The van der Waals surface area contributed by atoms with E-state index in [-0.39, 0.29) is 12.1 Å². The summed E-state index contributed by atoms with van der Waals surface area (Å²) in [5.74, 6) is 0. The number of benzene rings is 1. The molecule has 1 fully saturated rings. The monoisotopic (exact) mass is 277 g/mol. The van der Waals surface area contributed by atoms with Crippen LogP contribution in [0, 0.1) is 0 Å². The van der Waals surface area contributed by atoms with E-state index < -0.39 is 0 Å². The van der Waals surface area contributed by atoms with Crippen LogP contribution < -0.4 is 16.0 Å². The van der Waals surface area contributed by atoms with Gasteiger partial charge in [-0.05, 0) is 37.1 Å². The minimum absolute atomic E-state index is 0.211. The lowest BCUT2D eigenvalue weighted by Gasteiger charge is -2.31. The highest BCUT2D eigenvalue weighted by Gasteiger charge is 2.24. The normalized spacial score (nSPS) is 22.1. The average molecular weight is 277 g/mol. The third kappa shape index (κ3) is 3.87. The van der Waals surface area contributed by atoms with Crippen LogP contribution >= 0.6 is 0 Å². The molecule has 2 rings (SSSR count). The standard InChI is InChI=1S/C15H23N3O2/c1-16-15(19)18-12-9-7-11(8-10-12)17-13-5-3-4-6-14(13)20-2/h7-10,13-14,17H,3-6H2,1-2H3,(H2,16,18,19). The smallest absolute Gasteiger partial charge is 0.318 e. The first-order valence-electron chi connectivity index (χ1n) is 7.11. The molecule has 5 heteroatoms. The van der Waals surface area contributed by atoms with Gasteiger partial charge in [-0.1, -0.05) is 12.8 Å². The van der Waals surface area contributed by atoms with E-state index in [9.17, 15) is 4.79 Å². The number of hydrogen-bond donors (Lipinski definition) is 3. The van der Waals surface area contributed by atoms with Gasteiger partial charge in [0.05, 0.1) is 12.1 Å². The second-order valence-electron chi connectivity index (χ2n) is 5.09. The zero-order chi connectivity index (χ0) is 14.4. The predicted octanol–water partition coefficient (Wildman–Crippen LogP) is 2.81. The number of anilines is 2. The van der Waals surface area contributed by atoms with Crippen LogP contribution in [-0.2, 0) is 4.74 Å². The maximum Gasteiger partial charge on any atom is 0.318 e. The van der Waals surface area contributed by atoms with Crippen molar-refractivity contribution in [3.05, 3.63) is 24.3 Å². The van der Waals surface area contributed by atoms with Crippen LogP contribution in [0.25, 0.3) is 0 Å². The van der Waals surface area contributed by atoms with Crippen LogP contribution in [0.3, 0.4) is 0 Å². The van der Waals surface area contributed by atoms with Gasteiger partial charge in [-0.2, -0.15) is 0 Å². The molecule has 3 N–H and O–H groups in total. The van der Waals surface area contributed by atoms with E-state index in [1.54, 1.807) is 14.2 Å². The van der Waals surface area contributed by atoms with Gasteiger partial charge in [-0.3, -0.25) is 0 Å². The van der Waals surface area contributed by atoms with Crippen molar-refractivity contribution in [1.82, 2.24) is 5.32 Å². The summed E-state index contributed by atoms with van der Waals surface area (Å²) in [5.41, 5.74) is 1.84. The Hall–Kier alpha value is -1.75. The molecule has 1 saturated carbocycles. The van der Waals surface area contributed by atoms with Gasteiger partial charge >= 0.3 is 6.03 Å². The van der Waals surface area contributed by atoms with E-state index in [2.05, 4.69) is 16.0 Å². The molecule has 2 amide bonds. The summed E-state index contributed by atoms with van der Waals surface area (Å²) in [7, 11) is 3.38. The van der Waals surface area contributed by atoms with E-state index in [0.717, 1.165) is 24.2 Å². The summed E-state index contributed by atoms with van der Waals surface area (Å²) in [6.45, 7) is 0. The SMILES string of the molecule is CNC(=O)Nc1ccc(NC2CCCCC2OC)cc1. The lowest BCUT2D eigenvalue weighted by Crippen LogP contribution is -2.37. The second kappa shape index (κ2) is 7.14. The number of ether oxygens (including phenoxy) is 1. The fourth-order valence-electron chi connectivity index (χ4n) is 2.60. The van der Waals surface area contributed by atoms with Crippen LogP contribution in [0.2, 0.25) is 0 Å². The molecule has 1 aliphatic carbocycles. The molecule has 2 unspecified atom stereocenters. The van der Waals surface area contributed by atoms with Gasteiger partial charge in [-0.15, -0.1) is 0 Å². The van der Waals surface area contributed by atoms with E-state index in [4.69, 9.17) is 4.74 Å². The van der Waals surface area contributed by atoms with Crippen molar-refractivity contribution in [3.63, 3.8) is 0 Å². The Morgan fingerprint density at radius 2 is 1.80 bits per heavy atom. The zero-order valence-corrected chi connectivity index (χ0v) is 12.1. The largest absolute Gasteiger partial charge is 0.380 e. The molecule has 20 heavy (non-hydrogen) atoms. The van der Waals surface area contributed by atoms with Crippen molar-refractivity contribution >= 4 is 17.4 Å². The number of rotatable bonds is 4. The Morgan fingerprint density at radius 3 is 2.45 bits per heavy atom. The van der Waals surface area contributed by atoms with Crippen molar-refractivity contribution in [2.45, 2.75) is 37.8 Å². The van der Waals surface area contributed by atoms with E-state index in [1.165, 1.54) is 12.8 Å². The first-order chi connectivity index (χ1) is 9.72. The van der Waals surface area contributed by atoms with Crippen LogP contribution in [0.4, 0.5) is 16.2 Å². The van der Waals surface area contributed by atoms with Gasteiger partial charge in [0.1, 0.15) is 0 Å². The lowest BCUT2D eigenvalue weighted by molar-refractivity contribution is 0.0606. The lowest BCUT2D eigenvalue weighted by atomic mass is 9.92. The Balaban J connectivity index is 1.94. The van der Waals surface area contributed by atoms with Crippen molar-refractivity contribution in [2.75, 3.05) is 24.8 Å². The molecular formula is C15H23N3O2. The average Bonchev–Trinajstić information content (AvgIpc) is 2.49. The molecule has 1 aromatic rings. The van der Waals surface area contributed by atoms with E-state index in [1.807, 2.05) is 24.3 Å². The van der Waals surface area contributed by atoms with Crippen LogP contribution in [0.15, 0.2) is 24.3 Å². The minimum atomic E-state index is -0.211. The Bertz CT molecular complexity index is 433. The number of amides is 2. The molecule has 0 aromatic heterocycles. The highest BCUT2D eigenvalue weighted by molar-refractivity contribution is 5.89. The zero-order valence-electron chi connectivity index (χ0n) is 12.1. The molecule has 0 radical (unpaired) electrons. The number of methoxy groups -OCH3 is 1. The predicted molar refractivity (Wildman–Crippen MR) is 81.2 cm³/mol. The molecule has 0 aliphatic heterocycles. The summed E-state index contributed by atoms with van der Waals surface area (Å²) in [5, 5.41) is 8.79. The number of urea groups is 1. The summed E-state index contributed by atoms with van der Waals surface area (Å²) in [6.07, 6.45) is 5.02. The van der Waals surface area contributed by atoms with Crippen LogP contribution in [0.5, 0.6) is 0 Å². The van der Waals surface area contributed by atoms with Crippen molar-refractivity contribution in [3.8, 4) is 0 Å². The van der Waals surface area contributed by atoms with Gasteiger partial charge in [0, 0.05) is 25.5 Å². The Kier molecular flexibility index (Phi) is 5.24. The number of nitrogens with one attached hydrogen (secondary N) is 3. The molecule has 1 aliphatic rings. The fourth-order valence-corrected chi connectivity index (χ4v) is 2.60. The highest BCUT2D eigenvalue weighted by atomic mass is 16.5. The molecule has 0 spiro atoms. The Labute approximate surface area is 120 Å². The molecular weight excluding hydrogens is 254 g/mol. The van der Waals surface area contributed by atoms with Gasteiger partial charge < -0.3 is 20.7 Å². The molecule has 2 atom stereocenters. The molecule has 0 bridgehead atoms. The first-order valence-corrected chi connectivity index (χ1v) is 7.11. The van der Waals surface area contributed by atoms with E-state index in [0.29, 0.717) is 6.04 Å². The fraction of sp³-hybridized carbons (Fsp3) is 0.533. The van der Waals surface area contributed by atoms with Crippen molar-refractivity contribution in [1.29, 1.82) is 0 Å². The van der Waals surface area contributed by atoms with Gasteiger partial charge in [0.25, 0.3) is 0 Å². The number of carbonyl (C=O) groups excluding carboxylic acids is 1. The number of hydrogen-bond acceptors (Lipinski definition) is 3. The first kappa shape index (κ1) is 14.7. The maximum atomic E-state index is 11.2. The maximum absolute atomic E-state index is 11.2. The summed E-state index contributed by atoms with van der Waals surface area (Å²) in [6, 6.07) is 7.90. The topological polar surface area (TPSA) is 62.4 Å². The molecule has 110 valence electrons. The third-order valence-electron chi connectivity index (χ3n) is 3.73. The van der Waals surface area contributed by atoms with Gasteiger partial charge in [0.2, 0.25) is 0 Å². The summed E-state index contributed by atoms with van der Waals surface area (Å²) in [4.78, 5) is 11.2.